The maximum atomic E-state index is 9.93. The molecule has 1 saturated carbocycles. The quantitative estimate of drug-likeness (QED) is 0.565. The van der Waals surface area contributed by atoms with Crippen LogP contribution in [0.4, 0.5) is 0 Å². The summed E-state index contributed by atoms with van der Waals surface area (Å²) >= 11 is 0. The molecule has 2 radical (unpaired) electrons. The van der Waals surface area contributed by atoms with Gasteiger partial charge in [0.05, 0.1) is 7.85 Å². The molecule has 4 heteroatoms. The van der Waals surface area contributed by atoms with Gasteiger partial charge in [0.2, 0.25) is 0 Å². The molecule has 4 unspecified atom stereocenters. The number of rotatable bonds is 0. The summed E-state index contributed by atoms with van der Waals surface area (Å²) in [5.41, 5.74) is 0. The Balaban J connectivity index is 2.27. The molecule has 1 aliphatic carbocycles. The molecule has 14 heavy (non-hydrogen) atoms. The van der Waals surface area contributed by atoms with Crippen LogP contribution in [0.15, 0.2) is 0 Å². The molecular formula is C10H19BN2O. The minimum atomic E-state index is -0.467. The van der Waals surface area contributed by atoms with E-state index in [1.54, 1.807) is 0 Å². The molecule has 1 N–H and O–H groups in total. The minimum Gasteiger partial charge on any atom is -0.365 e. The second-order valence-electron chi connectivity index (χ2n) is 5.09. The van der Waals surface area contributed by atoms with Crippen molar-refractivity contribution in [3.8, 4) is 0 Å². The van der Waals surface area contributed by atoms with E-state index in [1.807, 2.05) is 23.9 Å². The van der Waals surface area contributed by atoms with Gasteiger partial charge in [-0.3, -0.25) is 9.80 Å². The molecule has 0 aromatic carbocycles. The van der Waals surface area contributed by atoms with E-state index >= 15 is 0 Å². The molecule has 3 nitrogen and oxygen atoms in total. The van der Waals surface area contributed by atoms with E-state index in [1.165, 1.54) is 6.42 Å². The third-order valence-corrected chi connectivity index (χ3v) is 3.95. The van der Waals surface area contributed by atoms with Crippen LogP contribution in [0.5, 0.6) is 0 Å². The highest BCUT2D eigenvalue weighted by molar-refractivity contribution is 6.15. The number of hydrogen-bond donors (Lipinski definition) is 1. The number of nitrogens with zero attached hydrogens (tertiary/aromatic N) is 2. The molecule has 0 spiro atoms. The molecule has 2 fully saturated rings. The van der Waals surface area contributed by atoms with E-state index in [4.69, 9.17) is 7.85 Å². The lowest BCUT2D eigenvalue weighted by atomic mass is 9.57. The van der Waals surface area contributed by atoms with Crippen LogP contribution in [-0.4, -0.2) is 55.3 Å². The van der Waals surface area contributed by atoms with Gasteiger partial charge in [-0.15, -0.1) is 0 Å². The Labute approximate surface area is 87.5 Å². The van der Waals surface area contributed by atoms with Crippen LogP contribution in [0.3, 0.4) is 0 Å². The van der Waals surface area contributed by atoms with E-state index in [2.05, 4.69) is 6.92 Å². The number of fused-ring (bicyclic) bond motifs is 1. The van der Waals surface area contributed by atoms with Gasteiger partial charge in [0, 0.05) is 12.1 Å². The van der Waals surface area contributed by atoms with E-state index in [-0.39, 0.29) is 11.4 Å². The second-order valence-corrected chi connectivity index (χ2v) is 5.09. The molecule has 2 aliphatic rings. The maximum absolute atomic E-state index is 9.93. The van der Waals surface area contributed by atoms with Gasteiger partial charge >= 0.3 is 0 Å². The van der Waals surface area contributed by atoms with Gasteiger partial charge in [0.1, 0.15) is 0 Å². The van der Waals surface area contributed by atoms with E-state index in [0.717, 1.165) is 12.8 Å². The summed E-state index contributed by atoms with van der Waals surface area (Å²) in [6.07, 6.45) is 2.90. The van der Waals surface area contributed by atoms with E-state index < -0.39 is 6.35 Å². The van der Waals surface area contributed by atoms with Crippen LogP contribution < -0.4 is 0 Å². The van der Waals surface area contributed by atoms with Crippen LogP contribution in [-0.2, 0) is 0 Å². The Morgan fingerprint density at radius 2 is 2.00 bits per heavy atom. The fourth-order valence-corrected chi connectivity index (χ4v) is 3.20. The van der Waals surface area contributed by atoms with Crippen molar-refractivity contribution in [1.82, 2.24) is 9.80 Å². The van der Waals surface area contributed by atoms with Gasteiger partial charge in [-0.1, -0.05) is 25.1 Å². The molecule has 78 valence electrons. The van der Waals surface area contributed by atoms with Crippen LogP contribution in [0.2, 0.25) is 5.31 Å². The summed E-state index contributed by atoms with van der Waals surface area (Å²) in [7, 11) is 10.2. The van der Waals surface area contributed by atoms with Crippen LogP contribution in [0.25, 0.3) is 0 Å². The highest BCUT2D eigenvalue weighted by atomic mass is 16.3. The molecular weight excluding hydrogens is 175 g/mol. The van der Waals surface area contributed by atoms with Gasteiger partial charge < -0.3 is 5.11 Å². The first-order valence-corrected chi connectivity index (χ1v) is 5.36. The third kappa shape index (κ3) is 1.32. The summed E-state index contributed by atoms with van der Waals surface area (Å²) < 4.78 is 0. The highest BCUT2D eigenvalue weighted by Gasteiger charge is 2.50. The zero-order valence-corrected chi connectivity index (χ0v) is 9.27. The van der Waals surface area contributed by atoms with Crippen molar-refractivity contribution < 1.29 is 5.11 Å². The Morgan fingerprint density at radius 1 is 1.36 bits per heavy atom. The van der Waals surface area contributed by atoms with Crippen molar-refractivity contribution in [1.29, 1.82) is 0 Å². The maximum Gasteiger partial charge on any atom is 0.165 e. The SMILES string of the molecule is [B]C1(C)CCCC2C1N(C)C(O)N2C. The first-order valence-electron chi connectivity index (χ1n) is 5.36. The molecule has 1 saturated heterocycles. The predicted octanol–water partition coefficient (Wildman–Crippen LogP) is 0.408. The Hall–Kier alpha value is -0.0551. The van der Waals surface area contributed by atoms with Gasteiger partial charge in [0.25, 0.3) is 0 Å². The van der Waals surface area contributed by atoms with Gasteiger partial charge in [-0.25, -0.2) is 0 Å². The van der Waals surface area contributed by atoms with Gasteiger partial charge in [0.15, 0.2) is 6.35 Å². The molecule has 1 aliphatic heterocycles. The molecule has 2 rings (SSSR count). The standard InChI is InChI=1S/C10H19BN2O/c1-10(11)6-4-5-7-8(10)13(3)9(14)12(7)2/h7-9,14H,4-6H2,1-3H3. The number of hydrogen-bond acceptors (Lipinski definition) is 3. The molecule has 0 bridgehead atoms. The zero-order valence-electron chi connectivity index (χ0n) is 9.27. The summed E-state index contributed by atoms with van der Waals surface area (Å²) in [5, 5.41) is 9.76. The highest BCUT2D eigenvalue weighted by Crippen LogP contribution is 2.47. The topological polar surface area (TPSA) is 26.7 Å². The molecule has 0 amide bonds. The monoisotopic (exact) mass is 194 g/mol. The summed E-state index contributed by atoms with van der Waals surface area (Å²) in [4.78, 5) is 4.04. The predicted molar refractivity (Wildman–Crippen MR) is 57.1 cm³/mol. The Bertz CT molecular complexity index is 234. The molecule has 1 heterocycles. The third-order valence-electron chi connectivity index (χ3n) is 3.95. The molecule has 0 aromatic rings. The van der Waals surface area contributed by atoms with Crippen molar-refractivity contribution in [2.24, 2.45) is 0 Å². The normalized spacial score (nSPS) is 50.7. The summed E-state index contributed by atoms with van der Waals surface area (Å²) in [5.74, 6) is 0. The van der Waals surface area contributed by atoms with Crippen LogP contribution in [0, 0.1) is 0 Å². The Morgan fingerprint density at radius 3 is 2.57 bits per heavy atom. The molecule has 0 aromatic heterocycles. The van der Waals surface area contributed by atoms with Crippen molar-refractivity contribution in [2.75, 3.05) is 14.1 Å². The first kappa shape index (κ1) is 10.5. The second kappa shape index (κ2) is 3.22. The number of likely N-dealkylation sites (N-methyl/N-ethyl adjacent to an activating group) is 2. The number of aliphatic hydroxyl groups excluding tert-OH is 1. The lowest BCUT2D eigenvalue weighted by molar-refractivity contribution is -0.0469. The first-order chi connectivity index (χ1) is 6.45. The van der Waals surface area contributed by atoms with Crippen LogP contribution >= 0.6 is 0 Å². The smallest absolute Gasteiger partial charge is 0.165 e. The van der Waals surface area contributed by atoms with Crippen molar-refractivity contribution >= 4 is 7.85 Å². The van der Waals surface area contributed by atoms with Gasteiger partial charge in [-0.2, -0.15) is 0 Å². The van der Waals surface area contributed by atoms with Crippen molar-refractivity contribution in [2.45, 2.75) is 49.9 Å². The average Bonchev–Trinajstić information content (AvgIpc) is 2.31. The van der Waals surface area contributed by atoms with Crippen LogP contribution in [0.1, 0.15) is 26.2 Å². The van der Waals surface area contributed by atoms with Crippen molar-refractivity contribution in [3.05, 3.63) is 0 Å². The average molecular weight is 194 g/mol. The Kier molecular flexibility index (Phi) is 2.41. The summed E-state index contributed by atoms with van der Waals surface area (Å²) in [6, 6.07) is 0.704. The fraction of sp³-hybridized carbons (Fsp3) is 1.00. The minimum absolute atomic E-state index is 0.163. The lowest BCUT2D eigenvalue weighted by Crippen LogP contribution is -2.47. The van der Waals surface area contributed by atoms with E-state index in [9.17, 15) is 5.11 Å². The summed E-state index contributed by atoms with van der Waals surface area (Å²) in [6.45, 7) is 2.10. The largest absolute Gasteiger partial charge is 0.365 e. The van der Waals surface area contributed by atoms with E-state index in [0.29, 0.717) is 6.04 Å². The molecule has 4 atom stereocenters. The van der Waals surface area contributed by atoms with Crippen molar-refractivity contribution in [3.63, 3.8) is 0 Å². The zero-order chi connectivity index (χ0) is 10.5. The van der Waals surface area contributed by atoms with Gasteiger partial charge in [-0.05, 0) is 20.5 Å². The lowest BCUT2D eigenvalue weighted by Gasteiger charge is -2.43. The fourth-order valence-electron chi connectivity index (χ4n) is 3.20. The number of aliphatic hydroxyl groups is 1.